The molecule has 0 saturated carbocycles. The maximum atomic E-state index is 12.5. The van der Waals surface area contributed by atoms with Gasteiger partial charge < -0.3 is 5.32 Å². The zero-order chi connectivity index (χ0) is 10.6. The second-order valence-electron chi connectivity index (χ2n) is 2.93. The van der Waals surface area contributed by atoms with Gasteiger partial charge in [-0.3, -0.25) is 4.98 Å². The van der Waals surface area contributed by atoms with E-state index in [2.05, 4.69) is 10.3 Å². The Bertz CT molecular complexity index is 271. The van der Waals surface area contributed by atoms with E-state index in [0.29, 0.717) is 0 Å². The third-order valence-corrected chi connectivity index (χ3v) is 1.91. The van der Waals surface area contributed by atoms with E-state index in [4.69, 9.17) is 0 Å². The summed E-state index contributed by atoms with van der Waals surface area (Å²) in [5, 5.41) is 2.53. The molecular formula is C9H11F3N2. The lowest BCUT2D eigenvalue weighted by Gasteiger charge is -2.19. The van der Waals surface area contributed by atoms with Crippen molar-refractivity contribution in [2.24, 2.45) is 0 Å². The van der Waals surface area contributed by atoms with E-state index >= 15 is 0 Å². The lowest BCUT2D eigenvalue weighted by molar-refractivity contribution is -0.149. The van der Waals surface area contributed by atoms with Gasteiger partial charge in [0.1, 0.15) is 0 Å². The van der Waals surface area contributed by atoms with E-state index in [1.54, 1.807) is 0 Å². The summed E-state index contributed by atoms with van der Waals surface area (Å²) in [5.41, 5.74) is 0.238. The summed E-state index contributed by atoms with van der Waals surface area (Å²) in [6.45, 7) is -0.118. The predicted molar refractivity (Wildman–Crippen MR) is 47.0 cm³/mol. The SMILES string of the molecule is CNCC(c1ccncc1)C(F)(F)F. The van der Waals surface area contributed by atoms with Gasteiger partial charge in [0, 0.05) is 18.9 Å². The van der Waals surface area contributed by atoms with Crippen molar-refractivity contribution in [3.05, 3.63) is 30.1 Å². The molecule has 1 aromatic heterocycles. The third-order valence-electron chi connectivity index (χ3n) is 1.91. The maximum Gasteiger partial charge on any atom is 0.396 e. The number of alkyl halides is 3. The minimum atomic E-state index is -4.22. The standard InChI is InChI=1S/C9H11F3N2/c1-13-6-8(9(10,11)12)7-2-4-14-5-3-7/h2-5,8,13H,6H2,1H3. The van der Waals surface area contributed by atoms with Crippen molar-refractivity contribution in [1.82, 2.24) is 10.3 Å². The molecule has 1 unspecified atom stereocenters. The van der Waals surface area contributed by atoms with Gasteiger partial charge in [-0.15, -0.1) is 0 Å². The molecule has 14 heavy (non-hydrogen) atoms. The van der Waals surface area contributed by atoms with Gasteiger partial charge in [0.05, 0.1) is 5.92 Å². The molecule has 0 fully saturated rings. The van der Waals surface area contributed by atoms with Gasteiger partial charge in [-0.05, 0) is 24.7 Å². The summed E-state index contributed by atoms with van der Waals surface area (Å²) in [5.74, 6) is -1.46. The van der Waals surface area contributed by atoms with Crippen LogP contribution in [0.4, 0.5) is 13.2 Å². The van der Waals surface area contributed by atoms with Gasteiger partial charge in [0.15, 0.2) is 0 Å². The van der Waals surface area contributed by atoms with E-state index in [1.807, 2.05) is 0 Å². The second-order valence-corrected chi connectivity index (χ2v) is 2.93. The fourth-order valence-corrected chi connectivity index (χ4v) is 1.22. The average molecular weight is 204 g/mol. The summed E-state index contributed by atoms with van der Waals surface area (Å²) < 4.78 is 37.6. The summed E-state index contributed by atoms with van der Waals surface area (Å²) in [4.78, 5) is 3.68. The Morgan fingerprint density at radius 3 is 2.36 bits per heavy atom. The number of rotatable bonds is 3. The molecule has 1 heterocycles. The number of aromatic nitrogens is 1. The molecule has 1 atom stereocenters. The highest BCUT2D eigenvalue weighted by Gasteiger charge is 2.39. The average Bonchev–Trinajstić information content (AvgIpc) is 2.14. The molecule has 1 aromatic rings. The van der Waals surface area contributed by atoms with Gasteiger partial charge in [-0.2, -0.15) is 13.2 Å². The lowest BCUT2D eigenvalue weighted by atomic mass is 10.00. The van der Waals surface area contributed by atoms with Crippen molar-refractivity contribution < 1.29 is 13.2 Å². The van der Waals surface area contributed by atoms with Gasteiger partial charge in [-0.25, -0.2) is 0 Å². The van der Waals surface area contributed by atoms with Crippen LogP contribution in [0.25, 0.3) is 0 Å². The molecule has 5 heteroatoms. The zero-order valence-corrected chi connectivity index (χ0v) is 7.67. The molecule has 0 aliphatic heterocycles. The quantitative estimate of drug-likeness (QED) is 0.813. The zero-order valence-electron chi connectivity index (χ0n) is 7.67. The van der Waals surface area contributed by atoms with E-state index in [-0.39, 0.29) is 12.1 Å². The van der Waals surface area contributed by atoms with Crippen LogP contribution in [0.1, 0.15) is 11.5 Å². The van der Waals surface area contributed by atoms with Crippen LogP contribution in [0.15, 0.2) is 24.5 Å². The Kier molecular flexibility index (Phi) is 3.46. The molecular weight excluding hydrogens is 193 g/mol. The Balaban J connectivity index is 2.89. The highest BCUT2D eigenvalue weighted by Crippen LogP contribution is 2.33. The van der Waals surface area contributed by atoms with Gasteiger partial charge >= 0.3 is 6.18 Å². The number of hydrogen-bond acceptors (Lipinski definition) is 2. The van der Waals surface area contributed by atoms with Crippen LogP contribution in [-0.2, 0) is 0 Å². The summed E-state index contributed by atoms with van der Waals surface area (Å²) in [6.07, 6.45) is -1.49. The molecule has 0 aromatic carbocycles. The summed E-state index contributed by atoms with van der Waals surface area (Å²) in [6, 6.07) is 2.77. The Labute approximate surface area is 80.2 Å². The second kappa shape index (κ2) is 4.41. The van der Waals surface area contributed by atoms with Crippen LogP contribution in [0.5, 0.6) is 0 Å². The van der Waals surface area contributed by atoms with Gasteiger partial charge in [0.2, 0.25) is 0 Å². The first-order valence-electron chi connectivity index (χ1n) is 4.17. The molecule has 0 aliphatic carbocycles. The van der Waals surface area contributed by atoms with Crippen molar-refractivity contribution >= 4 is 0 Å². The number of likely N-dealkylation sites (N-methyl/N-ethyl adjacent to an activating group) is 1. The fraction of sp³-hybridized carbons (Fsp3) is 0.444. The smallest absolute Gasteiger partial charge is 0.319 e. The van der Waals surface area contributed by atoms with E-state index in [0.717, 1.165) is 0 Å². The first kappa shape index (κ1) is 11.0. The van der Waals surface area contributed by atoms with Crippen molar-refractivity contribution in [2.45, 2.75) is 12.1 Å². The van der Waals surface area contributed by atoms with Gasteiger partial charge in [-0.1, -0.05) is 0 Å². The molecule has 0 saturated heterocycles. The molecule has 0 aliphatic rings. The topological polar surface area (TPSA) is 24.9 Å². The van der Waals surface area contributed by atoms with Crippen molar-refractivity contribution in [3.63, 3.8) is 0 Å². The first-order chi connectivity index (χ1) is 6.55. The fourth-order valence-electron chi connectivity index (χ4n) is 1.22. The van der Waals surface area contributed by atoms with Gasteiger partial charge in [0.25, 0.3) is 0 Å². The third kappa shape index (κ3) is 2.70. The highest BCUT2D eigenvalue weighted by atomic mass is 19.4. The Morgan fingerprint density at radius 1 is 1.36 bits per heavy atom. The van der Waals surface area contributed by atoms with Crippen molar-refractivity contribution in [2.75, 3.05) is 13.6 Å². The van der Waals surface area contributed by atoms with E-state index in [1.165, 1.54) is 31.6 Å². The van der Waals surface area contributed by atoms with E-state index in [9.17, 15) is 13.2 Å². The molecule has 0 amide bonds. The number of pyridine rings is 1. The van der Waals surface area contributed by atoms with Crippen LogP contribution in [-0.4, -0.2) is 24.8 Å². The van der Waals surface area contributed by atoms with Crippen molar-refractivity contribution in [1.29, 1.82) is 0 Å². The molecule has 1 rings (SSSR count). The number of nitrogens with zero attached hydrogens (tertiary/aromatic N) is 1. The maximum absolute atomic E-state index is 12.5. The van der Waals surface area contributed by atoms with Crippen LogP contribution in [0, 0.1) is 0 Å². The lowest BCUT2D eigenvalue weighted by Crippen LogP contribution is -2.29. The molecule has 0 radical (unpaired) electrons. The molecule has 1 N–H and O–H groups in total. The minimum Gasteiger partial charge on any atom is -0.319 e. The van der Waals surface area contributed by atoms with Crippen LogP contribution >= 0.6 is 0 Å². The summed E-state index contributed by atoms with van der Waals surface area (Å²) >= 11 is 0. The normalized spacial score (nSPS) is 14.0. The van der Waals surface area contributed by atoms with Crippen molar-refractivity contribution in [3.8, 4) is 0 Å². The minimum absolute atomic E-state index is 0.118. The number of halogens is 3. The van der Waals surface area contributed by atoms with Crippen LogP contribution in [0.2, 0.25) is 0 Å². The van der Waals surface area contributed by atoms with E-state index < -0.39 is 12.1 Å². The Morgan fingerprint density at radius 2 is 1.93 bits per heavy atom. The molecule has 2 nitrogen and oxygen atoms in total. The van der Waals surface area contributed by atoms with Crippen LogP contribution in [0.3, 0.4) is 0 Å². The summed E-state index contributed by atoms with van der Waals surface area (Å²) in [7, 11) is 1.50. The molecule has 0 spiro atoms. The largest absolute Gasteiger partial charge is 0.396 e. The number of hydrogen-bond donors (Lipinski definition) is 1. The number of nitrogens with one attached hydrogen (secondary N) is 1. The molecule has 0 bridgehead atoms. The monoisotopic (exact) mass is 204 g/mol. The van der Waals surface area contributed by atoms with Crippen LogP contribution < -0.4 is 5.32 Å². The highest BCUT2D eigenvalue weighted by molar-refractivity contribution is 5.18. The Hall–Kier alpha value is -1.10. The predicted octanol–water partition coefficient (Wildman–Crippen LogP) is 1.95. The first-order valence-corrected chi connectivity index (χ1v) is 4.17. The molecule has 78 valence electrons.